The number of carboxylic acids is 1. The molecule has 0 aromatic rings. The van der Waals surface area contributed by atoms with Gasteiger partial charge >= 0.3 is 11.8 Å². The standard InChI is InChI=1S/C37H62N2O30/c1-9(44)38-17-11(46)3-37(36(58)59,68-30(17)19(48)12(47)4-40)69-60-8-16-20(49)23(52)26(55)34(64-16)66-29-18(39-10(2)45)33(62-13(5-41)21(29)50)67-31-22(51)14(6-42)63-35(27(31)56)65-28-15(7-43)61-32(57)25(54)24(28)53/h11-35,40-43,46-57H,3-8H2,1-2H3,(H,38,44)(H,39,45)(H,58,59). The minimum atomic E-state index is -3.05. The minimum absolute atomic E-state index is 0.782. The Morgan fingerprint density at radius 1 is 0.594 bits per heavy atom. The predicted octanol–water partition coefficient (Wildman–Crippen LogP) is -12.5. The fraction of sp³-hybridized carbons (Fsp3) is 0.919. The normalized spacial score (nSPS) is 46.1. The fourth-order valence-electron chi connectivity index (χ4n) is 8.33. The molecule has 19 N–H and O–H groups in total. The molecule has 5 aliphatic heterocycles. The molecule has 0 aliphatic carbocycles. The van der Waals surface area contributed by atoms with E-state index in [1.807, 2.05) is 0 Å². The molecule has 5 aliphatic rings. The summed E-state index contributed by atoms with van der Waals surface area (Å²) in [6, 6.07) is -3.39. The number of hydrogen-bond donors (Lipinski definition) is 19. The average molecular weight is 1010 g/mol. The van der Waals surface area contributed by atoms with E-state index in [2.05, 4.69) is 10.6 Å². The van der Waals surface area contributed by atoms with Crippen LogP contribution in [0.1, 0.15) is 20.3 Å². The number of carboxylic acid groups (broad SMARTS) is 1. The number of nitrogens with one attached hydrogen (secondary N) is 2. The molecule has 26 unspecified atom stereocenters. The van der Waals surface area contributed by atoms with E-state index >= 15 is 0 Å². The van der Waals surface area contributed by atoms with Crippen molar-refractivity contribution in [2.24, 2.45) is 0 Å². The first-order valence-corrected chi connectivity index (χ1v) is 21.4. The molecule has 400 valence electrons. The summed E-state index contributed by atoms with van der Waals surface area (Å²) in [5.41, 5.74) is 0. The van der Waals surface area contributed by atoms with Gasteiger partial charge in [0.05, 0.1) is 38.6 Å². The third kappa shape index (κ3) is 12.6. The van der Waals surface area contributed by atoms with E-state index in [-0.39, 0.29) is 0 Å². The van der Waals surface area contributed by atoms with Crippen molar-refractivity contribution in [3.8, 4) is 0 Å². The first-order valence-electron chi connectivity index (χ1n) is 21.4. The van der Waals surface area contributed by atoms with E-state index in [0.29, 0.717) is 0 Å². The van der Waals surface area contributed by atoms with E-state index in [0.717, 1.165) is 13.8 Å². The second kappa shape index (κ2) is 24.4. The van der Waals surface area contributed by atoms with Gasteiger partial charge in [-0.05, 0) is 0 Å². The third-order valence-corrected chi connectivity index (χ3v) is 12.0. The maximum absolute atomic E-state index is 12.6. The lowest BCUT2D eigenvalue weighted by Crippen LogP contribution is -2.70. The second-order valence-electron chi connectivity index (χ2n) is 16.9. The van der Waals surface area contributed by atoms with Crippen LogP contribution < -0.4 is 10.6 Å². The van der Waals surface area contributed by atoms with E-state index in [1.54, 1.807) is 0 Å². The quantitative estimate of drug-likeness (QED) is 0.0422. The van der Waals surface area contributed by atoms with Crippen LogP contribution in [-0.4, -0.2) is 297 Å². The Bertz CT molecular complexity index is 1670. The highest BCUT2D eigenvalue weighted by atomic mass is 17.2. The van der Waals surface area contributed by atoms with Gasteiger partial charge in [0, 0.05) is 20.3 Å². The summed E-state index contributed by atoms with van der Waals surface area (Å²) in [5.74, 6) is -6.73. The number of ether oxygens (including phenoxy) is 8. The maximum atomic E-state index is 12.6. The van der Waals surface area contributed by atoms with Gasteiger partial charge in [-0.25, -0.2) is 9.68 Å². The van der Waals surface area contributed by atoms with Crippen LogP contribution >= 0.6 is 0 Å². The number of aliphatic hydroxyl groups excluding tert-OH is 16. The molecule has 5 rings (SSSR count). The van der Waals surface area contributed by atoms with Gasteiger partial charge in [-0.3, -0.25) is 9.59 Å². The Morgan fingerprint density at radius 2 is 1.12 bits per heavy atom. The molecule has 0 bridgehead atoms. The van der Waals surface area contributed by atoms with Crippen molar-refractivity contribution in [1.82, 2.24) is 10.6 Å². The number of carbonyl (C=O) groups excluding carboxylic acids is 2. The molecule has 0 aromatic heterocycles. The predicted molar refractivity (Wildman–Crippen MR) is 208 cm³/mol. The Hall–Kier alpha value is -2.63. The molecule has 0 spiro atoms. The highest BCUT2D eigenvalue weighted by Gasteiger charge is 2.59. The van der Waals surface area contributed by atoms with Gasteiger partial charge in [-0.1, -0.05) is 0 Å². The second-order valence-corrected chi connectivity index (χ2v) is 16.9. The molecule has 0 aromatic carbocycles. The van der Waals surface area contributed by atoms with Crippen molar-refractivity contribution >= 4 is 17.8 Å². The van der Waals surface area contributed by atoms with Crippen LogP contribution in [0.25, 0.3) is 0 Å². The summed E-state index contributed by atoms with van der Waals surface area (Å²) < 4.78 is 44.7. The topological polar surface area (TPSA) is 511 Å². The Balaban J connectivity index is 1.36. The number of carbonyl (C=O) groups is 3. The lowest BCUT2D eigenvalue weighted by atomic mass is 9.88. The van der Waals surface area contributed by atoms with Crippen molar-refractivity contribution in [3.05, 3.63) is 0 Å². The lowest BCUT2D eigenvalue weighted by molar-refractivity contribution is -0.451. The minimum Gasteiger partial charge on any atom is -0.477 e. The number of rotatable bonds is 19. The molecule has 2 amide bonds. The molecule has 5 fully saturated rings. The van der Waals surface area contributed by atoms with Crippen molar-refractivity contribution in [2.45, 2.75) is 179 Å². The van der Waals surface area contributed by atoms with Crippen LogP contribution in [0, 0.1) is 0 Å². The van der Waals surface area contributed by atoms with Crippen LogP contribution in [0.4, 0.5) is 0 Å². The molecule has 0 saturated carbocycles. The third-order valence-electron chi connectivity index (χ3n) is 12.0. The monoisotopic (exact) mass is 1010 g/mol. The number of amides is 2. The molecule has 32 heteroatoms. The van der Waals surface area contributed by atoms with Gasteiger partial charge in [-0.2, -0.15) is 4.89 Å². The Labute approximate surface area is 389 Å². The van der Waals surface area contributed by atoms with Crippen molar-refractivity contribution in [1.29, 1.82) is 0 Å². The van der Waals surface area contributed by atoms with E-state index in [4.69, 9.17) is 47.7 Å². The molecule has 0 radical (unpaired) electrons. The van der Waals surface area contributed by atoms with Crippen LogP contribution in [-0.2, 0) is 62.1 Å². The van der Waals surface area contributed by atoms with Gasteiger partial charge in [0.2, 0.25) is 11.8 Å². The fourth-order valence-corrected chi connectivity index (χ4v) is 8.33. The van der Waals surface area contributed by atoms with E-state index in [9.17, 15) is 101 Å². The zero-order chi connectivity index (χ0) is 51.4. The Kier molecular flexibility index (Phi) is 20.2. The van der Waals surface area contributed by atoms with E-state index < -0.39 is 216 Å². The lowest BCUT2D eigenvalue weighted by Gasteiger charge is -2.50. The summed E-state index contributed by atoms with van der Waals surface area (Å²) in [5, 5.41) is 183. The van der Waals surface area contributed by atoms with Crippen molar-refractivity contribution in [3.63, 3.8) is 0 Å². The molecule has 69 heavy (non-hydrogen) atoms. The van der Waals surface area contributed by atoms with Gasteiger partial charge in [0.25, 0.3) is 0 Å². The molecule has 32 nitrogen and oxygen atoms in total. The largest absolute Gasteiger partial charge is 0.477 e. The number of aliphatic carboxylic acids is 1. The zero-order valence-electron chi connectivity index (χ0n) is 36.6. The smallest absolute Gasteiger partial charge is 0.367 e. The van der Waals surface area contributed by atoms with Crippen molar-refractivity contribution in [2.75, 3.05) is 33.0 Å². The van der Waals surface area contributed by atoms with Crippen LogP contribution in [0.2, 0.25) is 0 Å². The molecular formula is C37H62N2O30. The van der Waals surface area contributed by atoms with Crippen LogP contribution in [0.15, 0.2) is 0 Å². The maximum Gasteiger partial charge on any atom is 0.367 e. The summed E-state index contributed by atoms with van der Waals surface area (Å²) in [4.78, 5) is 47.1. The van der Waals surface area contributed by atoms with Gasteiger partial charge in [0.1, 0.15) is 123 Å². The first-order chi connectivity index (χ1) is 32.4. The van der Waals surface area contributed by atoms with Crippen molar-refractivity contribution < 1.29 is 149 Å². The average Bonchev–Trinajstić information content (AvgIpc) is 3.30. The number of aliphatic hydroxyl groups is 16. The number of hydrogen-bond acceptors (Lipinski definition) is 29. The zero-order valence-corrected chi connectivity index (χ0v) is 36.6. The summed E-state index contributed by atoms with van der Waals surface area (Å²) in [7, 11) is 0. The van der Waals surface area contributed by atoms with E-state index in [1.165, 1.54) is 0 Å². The molecular weight excluding hydrogens is 952 g/mol. The molecule has 5 saturated heterocycles. The molecule has 5 heterocycles. The van der Waals surface area contributed by atoms with Gasteiger partial charge < -0.3 is 135 Å². The summed E-state index contributed by atoms with van der Waals surface area (Å²) in [6.07, 6.45) is -46.4. The SMILES string of the molecule is CC(=O)NC1C(O)CC(OOCC2OC(OC3C(O)C(CO)OC(OC4C(O)C(CO)OC(OC5C(CO)OC(O)C(O)C5O)C4O)C3NC(C)=O)C(O)C(O)C2O)(C(=O)O)OC1C(O)C(O)CO. The van der Waals surface area contributed by atoms with Crippen LogP contribution in [0.5, 0.6) is 0 Å². The highest BCUT2D eigenvalue weighted by molar-refractivity contribution is 5.76. The summed E-state index contributed by atoms with van der Waals surface area (Å²) >= 11 is 0. The summed E-state index contributed by atoms with van der Waals surface area (Å²) in [6.45, 7) is -3.12. The van der Waals surface area contributed by atoms with Gasteiger partial charge in [0.15, 0.2) is 25.2 Å². The Morgan fingerprint density at radius 3 is 1.68 bits per heavy atom. The first kappa shape index (κ1) is 57.3. The van der Waals surface area contributed by atoms with Gasteiger partial charge in [-0.15, -0.1) is 0 Å². The molecule has 26 atom stereocenters. The highest BCUT2D eigenvalue weighted by Crippen LogP contribution is 2.37. The van der Waals surface area contributed by atoms with Crippen LogP contribution in [0.3, 0.4) is 0 Å².